The van der Waals surface area contributed by atoms with Crippen LogP contribution >= 0.6 is 0 Å². The lowest BCUT2D eigenvalue weighted by Crippen LogP contribution is -1.98. The van der Waals surface area contributed by atoms with Gasteiger partial charge >= 0.3 is 29.6 Å². The summed E-state index contributed by atoms with van der Waals surface area (Å²) in [6.45, 7) is 0. The van der Waals surface area contributed by atoms with Crippen molar-refractivity contribution in [2.75, 3.05) is 0 Å². The summed E-state index contributed by atoms with van der Waals surface area (Å²) in [4.78, 5) is 0. The van der Waals surface area contributed by atoms with Gasteiger partial charge in [-0.25, -0.2) is 0 Å². The minimum atomic E-state index is -2.67. The molecular weight excluding hydrogens is 343 g/mol. The van der Waals surface area contributed by atoms with Crippen LogP contribution in [-0.2, 0) is 0 Å². The Bertz CT molecular complexity index is 213. The lowest BCUT2D eigenvalue weighted by molar-refractivity contribution is 0.338. The lowest BCUT2D eigenvalue weighted by atomic mass is 10.1. The van der Waals surface area contributed by atoms with E-state index in [4.69, 9.17) is 40.2 Å². The molecule has 0 amide bonds. The van der Waals surface area contributed by atoms with Crippen molar-refractivity contribution in [3.63, 3.8) is 0 Å². The predicted octanol–water partition coefficient (Wildman–Crippen LogP) is -1.63. The Morgan fingerprint density at radius 1 is 0.417 bits per heavy atom. The van der Waals surface area contributed by atoms with Crippen LogP contribution in [0.25, 0.3) is 0 Å². The van der Waals surface area contributed by atoms with Crippen LogP contribution in [-0.4, -0.2) is 69.8 Å². The normalized spacial score (nSPS) is 13.8. The van der Waals surface area contributed by atoms with Crippen LogP contribution in [0.2, 0.25) is 0 Å². The van der Waals surface area contributed by atoms with E-state index in [1.807, 2.05) is 0 Å². The van der Waals surface area contributed by atoms with Crippen LogP contribution in [0.15, 0.2) is 24.3 Å². The molecule has 1 rings (SSSR count). The molecule has 140 valence electrons. The van der Waals surface area contributed by atoms with Gasteiger partial charge in [-0.2, -0.15) is 0 Å². The van der Waals surface area contributed by atoms with E-state index in [1.165, 1.54) is 25.7 Å². The highest BCUT2D eigenvalue weighted by atomic mass is 19.1. The van der Waals surface area contributed by atoms with Crippen LogP contribution in [0.5, 0.6) is 0 Å². The highest BCUT2D eigenvalue weighted by Gasteiger charge is 1.98. The number of hydrogen-bond donors (Lipinski definition) is 8. The zero-order valence-electron chi connectivity index (χ0n) is 12.5. The maximum absolute atomic E-state index is 10.1. The van der Waals surface area contributed by atoms with Crippen LogP contribution in [0, 0.1) is 0 Å². The maximum atomic E-state index is 10.1. The molecule has 0 aromatic rings. The lowest BCUT2D eigenvalue weighted by Gasteiger charge is -1.92. The molecule has 24 heavy (non-hydrogen) atoms. The van der Waals surface area contributed by atoms with Crippen LogP contribution < -0.4 is 0 Å². The Labute approximate surface area is 138 Å². The third kappa shape index (κ3) is 168. The molecule has 0 aromatic heterocycles. The molecule has 1 aliphatic carbocycles. The molecule has 0 radical (unpaired) electrons. The molecule has 0 saturated carbocycles. The molecule has 1 aliphatic rings. The third-order valence-corrected chi connectivity index (χ3v) is 1.33. The number of allylic oxidation sites excluding steroid dienone is 4. The van der Waals surface area contributed by atoms with E-state index in [2.05, 4.69) is 24.3 Å². The van der Waals surface area contributed by atoms with Crippen molar-refractivity contribution in [1.29, 1.82) is 0 Å². The van der Waals surface area contributed by atoms with Crippen molar-refractivity contribution in [3.05, 3.63) is 24.3 Å². The standard InChI is InChI=1S/C8H12.4BFH2O2/c1-2-4-6-8-7-5-3-1;4*2-1(3)4/h1-2,7-8H,3-6H2;4*3-4H/b2-1-,8-7-;;;;. The van der Waals surface area contributed by atoms with E-state index in [1.54, 1.807) is 0 Å². The molecular formula is C8H20B4F4O8. The van der Waals surface area contributed by atoms with E-state index in [9.17, 15) is 17.3 Å². The Kier molecular flexibility index (Phi) is 34.8. The monoisotopic (exact) mass is 364 g/mol. The minimum absolute atomic E-state index is 1.23. The minimum Gasteiger partial charge on any atom is -0.398 e. The molecule has 0 saturated heterocycles. The second-order valence-corrected chi connectivity index (χ2v) is 3.34. The maximum Gasteiger partial charge on any atom is 0.674 e. The van der Waals surface area contributed by atoms with Gasteiger partial charge in [-0.05, 0) is 25.7 Å². The third-order valence-electron chi connectivity index (χ3n) is 1.33. The van der Waals surface area contributed by atoms with Gasteiger partial charge in [0, 0.05) is 0 Å². The highest BCUT2D eigenvalue weighted by molar-refractivity contribution is 6.32. The molecule has 0 heterocycles. The zero-order chi connectivity index (χ0) is 20.0. The molecule has 0 fully saturated rings. The summed E-state index contributed by atoms with van der Waals surface area (Å²) in [5.41, 5.74) is 0. The van der Waals surface area contributed by atoms with Gasteiger partial charge in [-0.15, -0.1) is 0 Å². The molecule has 0 aromatic carbocycles. The summed E-state index contributed by atoms with van der Waals surface area (Å²) in [7, 11) is -10.7. The van der Waals surface area contributed by atoms with E-state index in [0.29, 0.717) is 0 Å². The Hall–Kier alpha value is -0.860. The molecule has 16 heteroatoms. The number of rotatable bonds is 0. The van der Waals surface area contributed by atoms with Gasteiger partial charge in [0.25, 0.3) is 0 Å². The van der Waals surface area contributed by atoms with Crippen molar-refractivity contribution < 1.29 is 57.5 Å². The second-order valence-electron chi connectivity index (χ2n) is 3.34. The second kappa shape index (κ2) is 27.0. The average molecular weight is 363 g/mol. The average Bonchev–Trinajstić information content (AvgIpc) is 2.23. The zero-order valence-corrected chi connectivity index (χ0v) is 12.5. The summed E-state index contributed by atoms with van der Waals surface area (Å²) in [6.07, 6.45) is 14.0. The van der Waals surface area contributed by atoms with E-state index in [0.717, 1.165) is 0 Å². The van der Waals surface area contributed by atoms with Gasteiger partial charge in [-0.1, -0.05) is 24.3 Å². The van der Waals surface area contributed by atoms with Gasteiger partial charge in [0.2, 0.25) is 0 Å². The van der Waals surface area contributed by atoms with Crippen LogP contribution in [0.1, 0.15) is 25.7 Å². The first-order chi connectivity index (χ1) is 10.9. The van der Waals surface area contributed by atoms with Gasteiger partial charge in [-0.3, -0.25) is 17.3 Å². The van der Waals surface area contributed by atoms with Crippen molar-refractivity contribution >= 4 is 29.6 Å². The van der Waals surface area contributed by atoms with E-state index >= 15 is 0 Å². The van der Waals surface area contributed by atoms with Gasteiger partial charge in [0.1, 0.15) is 0 Å². The number of halogens is 4. The molecule has 0 atom stereocenters. The largest absolute Gasteiger partial charge is 0.674 e. The molecule has 8 N–H and O–H groups in total. The summed E-state index contributed by atoms with van der Waals surface area (Å²) in [5.74, 6) is 0. The molecule has 8 nitrogen and oxygen atoms in total. The Morgan fingerprint density at radius 3 is 0.583 bits per heavy atom. The SMILES string of the molecule is C1=C\CC/C=C\CC/1.OB(O)F.OB(O)F.OB(O)F.OB(O)F. The summed E-state index contributed by atoms with van der Waals surface area (Å²) in [6, 6.07) is 0. The Balaban J connectivity index is -0.000000110. The quantitative estimate of drug-likeness (QED) is 0.145. The summed E-state index contributed by atoms with van der Waals surface area (Å²) >= 11 is 0. The van der Waals surface area contributed by atoms with Gasteiger partial charge < -0.3 is 40.2 Å². The fourth-order valence-electron chi connectivity index (χ4n) is 0.856. The van der Waals surface area contributed by atoms with Crippen LogP contribution in [0.4, 0.5) is 17.3 Å². The number of hydrogen-bond acceptors (Lipinski definition) is 8. The van der Waals surface area contributed by atoms with E-state index in [-0.39, 0.29) is 0 Å². The van der Waals surface area contributed by atoms with Crippen LogP contribution in [0.3, 0.4) is 0 Å². The first kappa shape index (κ1) is 31.0. The van der Waals surface area contributed by atoms with Gasteiger partial charge in [0.05, 0.1) is 0 Å². The van der Waals surface area contributed by atoms with E-state index < -0.39 is 29.6 Å². The first-order valence-corrected chi connectivity index (χ1v) is 6.24. The fraction of sp³-hybridized carbons (Fsp3) is 0.500. The van der Waals surface area contributed by atoms with Crippen molar-refractivity contribution in [2.24, 2.45) is 0 Å². The van der Waals surface area contributed by atoms with Crippen molar-refractivity contribution in [2.45, 2.75) is 25.7 Å². The van der Waals surface area contributed by atoms with Gasteiger partial charge in [0.15, 0.2) is 0 Å². The fourth-order valence-corrected chi connectivity index (χ4v) is 0.856. The topological polar surface area (TPSA) is 162 Å². The first-order valence-electron chi connectivity index (χ1n) is 6.24. The smallest absolute Gasteiger partial charge is 0.398 e. The highest BCUT2D eigenvalue weighted by Crippen LogP contribution is 2.02. The molecule has 0 unspecified atom stereocenters. The molecule has 0 aliphatic heterocycles. The summed E-state index contributed by atoms with van der Waals surface area (Å²) in [5, 5.41) is 55.6. The van der Waals surface area contributed by atoms with Crippen molar-refractivity contribution in [3.8, 4) is 0 Å². The predicted molar refractivity (Wildman–Crippen MR) is 81.9 cm³/mol. The summed E-state index contributed by atoms with van der Waals surface area (Å²) < 4.78 is 40.4. The van der Waals surface area contributed by atoms with Crippen molar-refractivity contribution in [1.82, 2.24) is 0 Å². The Morgan fingerprint density at radius 2 is 0.500 bits per heavy atom. The molecule has 0 spiro atoms. The molecule has 0 bridgehead atoms.